The second-order valence-corrected chi connectivity index (χ2v) is 7.48. The smallest absolute Gasteiger partial charge is 0.242 e. The van der Waals surface area contributed by atoms with Crippen molar-refractivity contribution >= 4 is 10.0 Å². The molecule has 0 amide bonds. The summed E-state index contributed by atoms with van der Waals surface area (Å²) in [6, 6.07) is 1.73. The van der Waals surface area contributed by atoms with Crippen LogP contribution in [0.3, 0.4) is 0 Å². The SMILES string of the molecule is CCN1CCC(CNS(=O)(=O)c2cc(CNC)n(C)c2)C1. The van der Waals surface area contributed by atoms with E-state index in [-0.39, 0.29) is 0 Å². The summed E-state index contributed by atoms with van der Waals surface area (Å²) in [7, 11) is 0.300. The zero-order valence-electron chi connectivity index (χ0n) is 13.1. The molecule has 1 fully saturated rings. The Labute approximate surface area is 127 Å². The summed E-state index contributed by atoms with van der Waals surface area (Å²) >= 11 is 0. The molecule has 2 rings (SSSR count). The Balaban J connectivity index is 1.97. The third-order valence-corrected chi connectivity index (χ3v) is 5.52. The summed E-state index contributed by atoms with van der Waals surface area (Å²) in [5.74, 6) is 0.417. The van der Waals surface area contributed by atoms with Crippen LogP contribution in [0.4, 0.5) is 0 Å². The molecule has 6 nitrogen and oxygen atoms in total. The normalized spacial score (nSPS) is 20.2. The quantitative estimate of drug-likeness (QED) is 0.763. The van der Waals surface area contributed by atoms with Crippen molar-refractivity contribution in [3.63, 3.8) is 0 Å². The van der Waals surface area contributed by atoms with Crippen LogP contribution >= 0.6 is 0 Å². The van der Waals surface area contributed by atoms with Crippen molar-refractivity contribution in [2.24, 2.45) is 13.0 Å². The summed E-state index contributed by atoms with van der Waals surface area (Å²) in [6.45, 7) is 6.41. The number of aromatic nitrogens is 1. The molecule has 0 radical (unpaired) electrons. The highest BCUT2D eigenvalue weighted by molar-refractivity contribution is 7.89. The Kier molecular flexibility index (Phi) is 5.43. The van der Waals surface area contributed by atoms with Crippen molar-refractivity contribution in [2.45, 2.75) is 24.8 Å². The van der Waals surface area contributed by atoms with Crippen LogP contribution < -0.4 is 10.0 Å². The fourth-order valence-corrected chi connectivity index (χ4v) is 3.97. The van der Waals surface area contributed by atoms with Crippen molar-refractivity contribution < 1.29 is 8.42 Å². The number of hydrogen-bond acceptors (Lipinski definition) is 4. The topological polar surface area (TPSA) is 66.4 Å². The zero-order chi connectivity index (χ0) is 15.5. The Morgan fingerprint density at radius 1 is 1.43 bits per heavy atom. The average Bonchev–Trinajstić information content (AvgIpc) is 3.05. The number of nitrogens with zero attached hydrogens (tertiary/aromatic N) is 2. The van der Waals surface area contributed by atoms with Gasteiger partial charge < -0.3 is 14.8 Å². The third-order valence-electron chi connectivity index (χ3n) is 4.13. The fraction of sp³-hybridized carbons (Fsp3) is 0.714. The highest BCUT2D eigenvalue weighted by atomic mass is 32.2. The molecule has 0 saturated carbocycles. The van der Waals surface area contributed by atoms with Crippen molar-refractivity contribution in [3.8, 4) is 0 Å². The minimum absolute atomic E-state index is 0.348. The van der Waals surface area contributed by atoms with Gasteiger partial charge in [-0.15, -0.1) is 0 Å². The summed E-state index contributed by atoms with van der Waals surface area (Å²) in [5.41, 5.74) is 0.955. The maximum absolute atomic E-state index is 12.4. The van der Waals surface area contributed by atoms with Gasteiger partial charge in [0.15, 0.2) is 0 Å². The van der Waals surface area contributed by atoms with Gasteiger partial charge >= 0.3 is 0 Å². The first-order valence-electron chi connectivity index (χ1n) is 7.48. The molecule has 1 unspecified atom stereocenters. The predicted molar refractivity (Wildman–Crippen MR) is 83.6 cm³/mol. The summed E-state index contributed by atoms with van der Waals surface area (Å²) in [6.07, 6.45) is 2.73. The number of likely N-dealkylation sites (tertiary alicyclic amines) is 1. The van der Waals surface area contributed by atoms with E-state index in [1.165, 1.54) is 0 Å². The van der Waals surface area contributed by atoms with E-state index in [0.29, 0.717) is 23.9 Å². The Morgan fingerprint density at radius 2 is 2.19 bits per heavy atom. The molecular weight excluding hydrogens is 288 g/mol. The number of nitrogens with one attached hydrogen (secondary N) is 2. The van der Waals surface area contributed by atoms with Gasteiger partial charge in [0.2, 0.25) is 10.0 Å². The van der Waals surface area contributed by atoms with Crippen LogP contribution in [0, 0.1) is 5.92 Å². The van der Waals surface area contributed by atoms with E-state index < -0.39 is 10.0 Å². The van der Waals surface area contributed by atoms with Crippen LogP contribution in [-0.2, 0) is 23.6 Å². The van der Waals surface area contributed by atoms with Crippen LogP contribution in [0.2, 0.25) is 0 Å². The Bertz CT molecular complexity index is 568. The van der Waals surface area contributed by atoms with E-state index in [1.807, 2.05) is 18.7 Å². The van der Waals surface area contributed by atoms with Gasteiger partial charge in [-0.05, 0) is 38.5 Å². The van der Waals surface area contributed by atoms with Gasteiger partial charge in [0.1, 0.15) is 0 Å². The molecular formula is C14H26N4O2S. The van der Waals surface area contributed by atoms with E-state index in [2.05, 4.69) is 21.9 Å². The molecule has 0 aromatic carbocycles. The molecule has 2 heterocycles. The standard InChI is InChI=1S/C14H26N4O2S/c1-4-18-6-5-12(10-18)8-16-21(19,20)14-7-13(9-15-2)17(3)11-14/h7,11-12,15-16H,4-6,8-10H2,1-3H3. The van der Waals surface area contributed by atoms with Gasteiger partial charge in [0.05, 0.1) is 4.90 Å². The molecule has 21 heavy (non-hydrogen) atoms. The van der Waals surface area contributed by atoms with Crippen molar-refractivity contribution in [3.05, 3.63) is 18.0 Å². The van der Waals surface area contributed by atoms with Crippen molar-refractivity contribution in [1.29, 1.82) is 0 Å². The summed E-state index contributed by atoms with van der Waals surface area (Å²) in [4.78, 5) is 2.70. The number of rotatable bonds is 7. The van der Waals surface area contributed by atoms with Crippen LogP contribution in [0.1, 0.15) is 19.0 Å². The maximum atomic E-state index is 12.4. The first kappa shape index (κ1) is 16.5. The largest absolute Gasteiger partial charge is 0.352 e. The Morgan fingerprint density at radius 3 is 2.81 bits per heavy atom. The van der Waals surface area contributed by atoms with Gasteiger partial charge in [0, 0.05) is 38.6 Å². The first-order chi connectivity index (χ1) is 9.96. The lowest BCUT2D eigenvalue weighted by Crippen LogP contribution is -2.31. The second kappa shape index (κ2) is 6.91. The Hall–Kier alpha value is -0.890. The predicted octanol–water partition coefficient (Wildman–Crippen LogP) is 0.365. The molecule has 1 aromatic rings. The van der Waals surface area contributed by atoms with Crippen LogP contribution in [0.5, 0.6) is 0 Å². The van der Waals surface area contributed by atoms with E-state index >= 15 is 0 Å². The maximum Gasteiger partial charge on any atom is 0.242 e. The van der Waals surface area contributed by atoms with E-state index in [4.69, 9.17) is 0 Å². The average molecular weight is 314 g/mol. The molecule has 1 aromatic heterocycles. The highest BCUT2D eigenvalue weighted by Gasteiger charge is 2.24. The van der Waals surface area contributed by atoms with Gasteiger partial charge in [-0.1, -0.05) is 6.92 Å². The molecule has 2 N–H and O–H groups in total. The number of hydrogen-bond donors (Lipinski definition) is 2. The molecule has 120 valence electrons. The fourth-order valence-electron chi connectivity index (χ4n) is 2.76. The monoisotopic (exact) mass is 314 g/mol. The van der Waals surface area contributed by atoms with Gasteiger partial charge in [-0.3, -0.25) is 0 Å². The lowest BCUT2D eigenvalue weighted by atomic mass is 10.1. The second-order valence-electron chi connectivity index (χ2n) is 5.71. The van der Waals surface area contributed by atoms with E-state index in [0.717, 1.165) is 31.7 Å². The van der Waals surface area contributed by atoms with Crippen molar-refractivity contribution in [1.82, 2.24) is 19.5 Å². The molecule has 1 atom stereocenters. The number of aryl methyl sites for hydroxylation is 1. The van der Waals surface area contributed by atoms with Gasteiger partial charge in [0.25, 0.3) is 0 Å². The minimum Gasteiger partial charge on any atom is -0.352 e. The van der Waals surface area contributed by atoms with Gasteiger partial charge in [-0.2, -0.15) is 0 Å². The lowest BCUT2D eigenvalue weighted by molar-refractivity contribution is 0.342. The lowest BCUT2D eigenvalue weighted by Gasteiger charge is -2.13. The molecule has 0 spiro atoms. The molecule has 7 heteroatoms. The molecule has 1 aliphatic rings. The highest BCUT2D eigenvalue weighted by Crippen LogP contribution is 2.17. The number of sulfonamides is 1. The van der Waals surface area contributed by atoms with Gasteiger partial charge in [-0.25, -0.2) is 13.1 Å². The van der Waals surface area contributed by atoms with Crippen LogP contribution in [0.15, 0.2) is 17.2 Å². The van der Waals surface area contributed by atoms with Crippen LogP contribution in [-0.4, -0.2) is 51.1 Å². The minimum atomic E-state index is -3.41. The van der Waals surface area contributed by atoms with Crippen molar-refractivity contribution in [2.75, 3.05) is 33.2 Å². The first-order valence-corrected chi connectivity index (χ1v) is 8.96. The van der Waals surface area contributed by atoms with E-state index in [9.17, 15) is 8.42 Å². The zero-order valence-corrected chi connectivity index (χ0v) is 13.9. The third kappa shape index (κ3) is 4.06. The molecule has 0 aliphatic carbocycles. The molecule has 1 aliphatic heterocycles. The summed E-state index contributed by atoms with van der Waals surface area (Å²) < 4.78 is 29.3. The summed E-state index contributed by atoms with van der Waals surface area (Å²) in [5, 5.41) is 3.04. The van der Waals surface area contributed by atoms with E-state index in [1.54, 1.807) is 12.3 Å². The molecule has 0 bridgehead atoms. The molecule has 1 saturated heterocycles. The van der Waals surface area contributed by atoms with Crippen LogP contribution in [0.25, 0.3) is 0 Å².